The first kappa shape index (κ1) is 24.3. The van der Waals surface area contributed by atoms with E-state index in [1.165, 1.54) is 41.7 Å². The lowest BCUT2D eigenvalue weighted by molar-refractivity contribution is 0.0600. The van der Waals surface area contributed by atoms with E-state index in [1.54, 1.807) is 12.1 Å². The van der Waals surface area contributed by atoms with Crippen molar-refractivity contribution in [3.63, 3.8) is 0 Å². The van der Waals surface area contributed by atoms with Gasteiger partial charge < -0.3 is 10.1 Å². The lowest BCUT2D eigenvalue weighted by Crippen LogP contribution is -2.29. The second-order valence-electron chi connectivity index (χ2n) is 7.38. The fourth-order valence-electron chi connectivity index (χ4n) is 3.18. The Labute approximate surface area is 198 Å². The molecule has 7 nitrogen and oxygen atoms in total. The summed E-state index contributed by atoms with van der Waals surface area (Å²) in [4.78, 5) is 24.4. The van der Waals surface area contributed by atoms with Gasteiger partial charge in [-0.15, -0.1) is 0 Å². The number of carbonyl (C=O) groups excluding carboxylic acids is 2. The van der Waals surface area contributed by atoms with Gasteiger partial charge in [0.05, 0.1) is 41.9 Å². The van der Waals surface area contributed by atoms with Crippen LogP contribution in [0.3, 0.4) is 0 Å². The number of hydrogen-bond acceptors (Lipinski definition) is 5. The number of benzene rings is 3. The van der Waals surface area contributed by atoms with Crippen molar-refractivity contribution < 1.29 is 22.7 Å². The Bertz CT molecular complexity index is 1290. The summed E-state index contributed by atoms with van der Waals surface area (Å²) >= 11 is 6.14. The minimum Gasteiger partial charge on any atom is -0.465 e. The minimum absolute atomic E-state index is 0.174. The van der Waals surface area contributed by atoms with Crippen molar-refractivity contribution >= 4 is 44.9 Å². The first-order chi connectivity index (χ1) is 15.6. The van der Waals surface area contributed by atoms with Crippen molar-refractivity contribution in [2.75, 3.05) is 23.0 Å². The van der Waals surface area contributed by atoms with Crippen LogP contribution in [-0.2, 0) is 21.3 Å². The molecule has 0 fully saturated rings. The molecule has 172 valence electrons. The van der Waals surface area contributed by atoms with Crippen molar-refractivity contribution in [3.8, 4) is 0 Å². The Kier molecular flexibility index (Phi) is 7.40. The number of anilines is 2. The van der Waals surface area contributed by atoms with E-state index in [0.717, 1.165) is 17.4 Å². The Morgan fingerprint density at radius 2 is 1.64 bits per heavy atom. The van der Waals surface area contributed by atoms with Crippen LogP contribution < -0.4 is 9.62 Å². The lowest BCUT2D eigenvalue weighted by atomic mass is 10.1. The van der Waals surface area contributed by atoms with E-state index in [2.05, 4.69) is 10.1 Å². The highest BCUT2D eigenvalue weighted by Crippen LogP contribution is 2.26. The number of ether oxygens (including phenoxy) is 1. The number of amides is 1. The van der Waals surface area contributed by atoms with Crippen LogP contribution in [0.4, 0.5) is 11.4 Å². The molecule has 0 aliphatic rings. The summed E-state index contributed by atoms with van der Waals surface area (Å²) in [6.07, 6.45) is 1.14. The summed E-state index contributed by atoms with van der Waals surface area (Å²) < 4.78 is 30.9. The molecule has 3 aromatic carbocycles. The number of nitrogens with zero attached hydrogens (tertiary/aromatic N) is 1. The topological polar surface area (TPSA) is 92.8 Å². The average Bonchev–Trinajstić information content (AvgIpc) is 2.78. The normalized spacial score (nSPS) is 11.0. The number of nitrogens with one attached hydrogen (secondary N) is 1. The molecule has 0 radical (unpaired) electrons. The third kappa shape index (κ3) is 5.91. The van der Waals surface area contributed by atoms with E-state index in [0.29, 0.717) is 11.3 Å². The van der Waals surface area contributed by atoms with Gasteiger partial charge in [0.1, 0.15) is 0 Å². The summed E-state index contributed by atoms with van der Waals surface area (Å²) in [6, 6.07) is 18.1. The number of aryl methyl sites for hydroxylation is 1. The van der Waals surface area contributed by atoms with Gasteiger partial charge in [0.15, 0.2) is 0 Å². The summed E-state index contributed by atoms with van der Waals surface area (Å²) in [5, 5.41) is 2.92. The highest BCUT2D eigenvalue weighted by atomic mass is 35.5. The van der Waals surface area contributed by atoms with E-state index < -0.39 is 21.9 Å². The molecule has 33 heavy (non-hydrogen) atoms. The van der Waals surface area contributed by atoms with Gasteiger partial charge in [0.25, 0.3) is 5.91 Å². The number of halogens is 1. The minimum atomic E-state index is -3.56. The zero-order valence-corrected chi connectivity index (χ0v) is 19.9. The van der Waals surface area contributed by atoms with Crippen molar-refractivity contribution in [2.24, 2.45) is 0 Å². The van der Waals surface area contributed by atoms with Crippen molar-refractivity contribution in [1.82, 2.24) is 0 Å². The van der Waals surface area contributed by atoms with E-state index in [4.69, 9.17) is 11.6 Å². The van der Waals surface area contributed by atoms with Gasteiger partial charge >= 0.3 is 5.97 Å². The van der Waals surface area contributed by atoms with Crippen LogP contribution in [0.5, 0.6) is 0 Å². The Morgan fingerprint density at radius 3 is 2.24 bits per heavy atom. The maximum atomic E-state index is 12.7. The molecular weight excluding hydrogens is 464 g/mol. The van der Waals surface area contributed by atoms with Crippen molar-refractivity contribution in [2.45, 2.75) is 13.5 Å². The molecule has 1 amide bonds. The second kappa shape index (κ2) is 10.1. The van der Waals surface area contributed by atoms with Crippen LogP contribution in [0.2, 0.25) is 5.02 Å². The highest BCUT2D eigenvalue weighted by molar-refractivity contribution is 7.92. The quantitative estimate of drug-likeness (QED) is 0.490. The van der Waals surface area contributed by atoms with Gasteiger partial charge in [-0.2, -0.15) is 0 Å². The SMILES string of the molecule is COC(=O)c1ccc(Cl)c(NC(=O)c2ccc(N(Cc3ccccc3C)S(C)(=O)=O)cc2)c1. The van der Waals surface area contributed by atoms with Crippen LogP contribution in [0.25, 0.3) is 0 Å². The molecule has 0 aliphatic carbocycles. The molecule has 0 heterocycles. The number of esters is 1. The number of hydrogen-bond donors (Lipinski definition) is 1. The Hall–Kier alpha value is -3.36. The molecule has 9 heteroatoms. The third-order valence-electron chi connectivity index (χ3n) is 5.03. The average molecular weight is 487 g/mol. The zero-order chi connectivity index (χ0) is 24.2. The van der Waals surface area contributed by atoms with Gasteiger partial charge in [-0.1, -0.05) is 35.9 Å². The Balaban J connectivity index is 1.83. The first-order valence-corrected chi connectivity index (χ1v) is 12.1. The lowest BCUT2D eigenvalue weighted by Gasteiger charge is -2.23. The summed E-state index contributed by atoms with van der Waals surface area (Å²) in [6.45, 7) is 2.09. The summed E-state index contributed by atoms with van der Waals surface area (Å²) in [5.74, 6) is -1.02. The number of rotatable bonds is 7. The van der Waals surface area contributed by atoms with Crippen LogP contribution in [0.1, 0.15) is 31.8 Å². The van der Waals surface area contributed by atoms with Crippen LogP contribution in [-0.4, -0.2) is 33.7 Å². The maximum absolute atomic E-state index is 12.7. The second-order valence-corrected chi connectivity index (χ2v) is 9.70. The van der Waals surface area contributed by atoms with Crippen LogP contribution in [0, 0.1) is 6.92 Å². The van der Waals surface area contributed by atoms with Crippen molar-refractivity contribution in [1.29, 1.82) is 0 Å². The maximum Gasteiger partial charge on any atom is 0.337 e. The van der Waals surface area contributed by atoms with E-state index in [-0.39, 0.29) is 22.8 Å². The molecule has 1 N–H and O–H groups in total. The highest BCUT2D eigenvalue weighted by Gasteiger charge is 2.19. The summed E-state index contributed by atoms with van der Waals surface area (Å²) in [7, 11) is -2.30. The van der Waals surface area contributed by atoms with Gasteiger partial charge in [-0.05, 0) is 60.5 Å². The molecule has 0 aromatic heterocycles. The van der Waals surface area contributed by atoms with Gasteiger partial charge in [-0.25, -0.2) is 13.2 Å². The molecule has 0 atom stereocenters. The molecule has 0 unspecified atom stereocenters. The number of carbonyl (C=O) groups is 2. The molecule has 0 aliphatic heterocycles. The van der Waals surface area contributed by atoms with Gasteiger partial charge in [0.2, 0.25) is 10.0 Å². The first-order valence-electron chi connectivity index (χ1n) is 9.91. The van der Waals surface area contributed by atoms with Gasteiger partial charge in [-0.3, -0.25) is 9.10 Å². The molecule has 0 saturated heterocycles. The molecule has 0 bridgehead atoms. The predicted octanol–water partition coefficient (Wildman–Crippen LogP) is 4.65. The monoisotopic (exact) mass is 486 g/mol. The molecule has 3 aromatic rings. The largest absolute Gasteiger partial charge is 0.465 e. The van der Waals surface area contributed by atoms with Gasteiger partial charge in [0, 0.05) is 5.56 Å². The van der Waals surface area contributed by atoms with Crippen LogP contribution >= 0.6 is 11.6 Å². The van der Waals surface area contributed by atoms with E-state index >= 15 is 0 Å². The molecule has 0 saturated carbocycles. The Morgan fingerprint density at radius 1 is 1.00 bits per heavy atom. The fourth-order valence-corrected chi connectivity index (χ4v) is 4.22. The standard InChI is InChI=1S/C24H23ClN2O5S/c1-16-6-4-5-7-19(16)15-27(33(3,30)31)20-11-8-17(9-12-20)23(28)26-22-14-18(24(29)32-2)10-13-21(22)25/h4-14H,15H2,1-3H3,(H,26,28). The van der Waals surface area contributed by atoms with E-state index in [9.17, 15) is 18.0 Å². The third-order valence-corrected chi connectivity index (χ3v) is 6.50. The van der Waals surface area contributed by atoms with Crippen molar-refractivity contribution in [3.05, 3.63) is 94.0 Å². The summed E-state index contributed by atoms with van der Waals surface area (Å²) in [5.41, 5.74) is 3.09. The van der Waals surface area contributed by atoms with E-state index in [1.807, 2.05) is 31.2 Å². The molecule has 3 rings (SSSR count). The molecular formula is C24H23ClN2O5S. The number of sulfonamides is 1. The zero-order valence-electron chi connectivity index (χ0n) is 18.3. The smallest absolute Gasteiger partial charge is 0.337 e. The fraction of sp³-hybridized carbons (Fsp3) is 0.167. The number of methoxy groups -OCH3 is 1. The molecule has 0 spiro atoms. The predicted molar refractivity (Wildman–Crippen MR) is 129 cm³/mol. The van der Waals surface area contributed by atoms with Crippen LogP contribution in [0.15, 0.2) is 66.7 Å².